The fourth-order valence-electron chi connectivity index (χ4n) is 2.36. The van der Waals surface area contributed by atoms with Crippen LogP contribution in [0.5, 0.6) is 0 Å². The molecule has 3 N–H and O–H groups in total. The number of nitrogens with two attached hydrogens (primary N) is 1. The molecule has 1 aliphatic rings. The van der Waals surface area contributed by atoms with Gasteiger partial charge in [-0.15, -0.1) is 0 Å². The predicted octanol–water partition coefficient (Wildman–Crippen LogP) is 2.21. The average Bonchev–Trinajstić information content (AvgIpc) is 3.19. The summed E-state index contributed by atoms with van der Waals surface area (Å²) >= 11 is 0. The Labute approximate surface area is 115 Å². The summed E-state index contributed by atoms with van der Waals surface area (Å²) in [4.78, 5) is 12.0. The van der Waals surface area contributed by atoms with Crippen LogP contribution in [0.1, 0.15) is 43.7 Å². The zero-order valence-corrected chi connectivity index (χ0v) is 11.9. The van der Waals surface area contributed by atoms with Crippen LogP contribution < -0.4 is 11.1 Å². The van der Waals surface area contributed by atoms with Gasteiger partial charge in [-0.05, 0) is 50.2 Å². The van der Waals surface area contributed by atoms with Gasteiger partial charge in [-0.3, -0.25) is 4.79 Å². The highest BCUT2D eigenvalue weighted by Gasteiger charge is 2.24. The molecule has 1 aliphatic carbocycles. The van der Waals surface area contributed by atoms with Crippen molar-refractivity contribution in [2.24, 2.45) is 11.7 Å². The minimum atomic E-state index is -0.128. The van der Waals surface area contributed by atoms with Crippen LogP contribution in [0, 0.1) is 5.92 Å². The number of hydrogen-bond donors (Lipinski definition) is 2. The number of rotatable bonds is 6. The van der Waals surface area contributed by atoms with Crippen LogP contribution in [0.25, 0.3) is 0 Å². The normalized spacial score (nSPS) is 16.4. The van der Waals surface area contributed by atoms with E-state index in [1.54, 1.807) is 0 Å². The Hall–Kier alpha value is -1.35. The third-order valence-electron chi connectivity index (χ3n) is 3.57. The highest BCUT2D eigenvalue weighted by molar-refractivity contribution is 5.79. The van der Waals surface area contributed by atoms with Gasteiger partial charge in [-0.1, -0.05) is 24.3 Å². The molecule has 0 heterocycles. The van der Waals surface area contributed by atoms with Crippen LogP contribution in [0.15, 0.2) is 24.3 Å². The van der Waals surface area contributed by atoms with Gasteiger partial charge in [0.1, 0.15) is 0 Å². The van der Waals surface area contributed by atoms with E-state index in [-0.39, 0.29) is 17.9 Å². The van der Waals surface area contributed by atoms with E-state index in [2.05, 4.69) is 29.6 Å². The van der Waals surface area contributed by atoms with Crippen molar-refractivity contribution >= 4 is 5.91 Å². The van der Waals surface area contributed by atoms with E-state index >= 15 is 0 Å². The first kappa shape index (κ1) is 14.1. The molecule has 1 aromatic carbocycles. The smallest absolute Gasteiger partial charge is 0.224 e. The van der Waals surface area contributed by atoms with Crippen LogP contribution >= 0.6 is 0 Å². The van der Waals surface area contributed by atoms with Crippen LogP contribution in [0.3, 0.4) is 0 Å². The number of nitrogens with one attached hydrogen (secondary N) is 1. The molecule has 2 rings (SSSR count). The van der Waals surface area contributed by atoms with E-state index in [0.717, 1.165) is 12.3 Å². The summed E-state index contributed by atoms with van der Waals surface area (Å²) in [6, 6.07) is 8.78. The van der Waals surface area contributed by atoms with Crippen molar-refractivity contribution in [3.63, 3.8) is 0 Å². The van der Waals surface area contributed by atoms with Gasteiger partial charge in [0, 0.05) is 12.6 Å². The Bertz CT molecular complexity index is 438. The van der Waals surface area contributed by atoms with Gasteiger partial charge < -0.3 is 11.1 Å². The van der Waals surface area contributed by atoms with Gasteiger partial charge in [0.05, 0.1) is 5.92 Å². The molecule has 1 atom stereocenters. The number of hydrogen-bond acceptors (Lipinski definition) is 2. The topological polar surface area (TPSA) is 55.1 Å². The number of carbonyl (C=O) groups is 1. The molecule has 19 heavy (non-hydrogen) atoms. The Morgan fingerprint density at radius 1 is 1.42 bits per heavy atom. The molecule has 0 saturated heterocycles. The minimum absolute atomic E-state index is 0.0642. The maximum Gasteiger partial charge on any atom is 0.224 e. The number of carbonyl (C=O) groups excluding carboxylic acids is 1. The van der Waals surface area contributed by atoms with Crippen LogP contribution in [0.4, 0.5) is 0 Å². The summed E-state index contributed by atoms with van der Waals surface area (Å²) in [7, 11) is 0. The molecule has 1 amide bonds. The van der Waals surface area contributed by atoms with Gasteiger partial charge in [-0.25, -0.2) is 0 Å². The van der Waals surface area contributed by atoms with E-state index in [4.69, 9.17) is 5.73 Å². The third-order valence-corrected chi connectivity index (χ3v) is 3.57. The van der Waals surface area contributed by atoms with Gasteiger partial charge >= 0.3 is 0 Å². The lowest BCUT2D eigenvalue weighted by Gasteiger charge is -2.17. The minimum Gasteiger partial charge on any atom is -0.354 e. The fourth-order valence-corrected chi connectivity index (χ4v) is 2.36. The quantitative estimate of drug-likeness (QED) is 0.824. The Morgan fingerprint density at radius 2 is 2.16 bits per heavy atom. The average molecular weight is 260 g/mol. The molecule has 0 radical (unpaired) electrons. The molecule has 1 fully saturated rings. The lowest BCUT2D eigenvalue weighted by Crippen LogP contribution is -2.39. The van der Waals surface area contributed by atoms with Gasteiger partial charge in [0.2, 0.25) is 5.91 Å². The molecule has 0 aliphatic heterocycles. The SMILES string of the molecule is CC(C)NC(=O)C(CN)Cc1cccc(C2CC2)c1. The van der Waals surface area contributed by atoms with E-state index in [1.165, 1.54) is 24.0 Å². The predicted molar refractivity (Wildman–Crippen MR) is 77.9 cm³/mol. The van der Waals surface area contributed by atoms with Crippen LogP contribution in [-0.4, -0.2) is 18.5 Å². The molecule has 0 spiro atoms. The molecule has 0 bridgehead atoms. The van der Waals surface area contributed by atoms with Crippen molar-refractivity contribution in [3.05, 3.63) is 35.4 Å². The fraction of sp³-hybridized carbons (Fsp3) is 0.562. The Kier molecular flexibility index (Phi) is 4.59. The van der Waals surface area contributed by atoms with E-state index in [1.807, 2.05) is 13.8 Å². The summed E-state index contributed by atoms with van der Waals surface area (Å²) in [5.41, 5.74) is 8.38. The van der Waals surface area contributed by atoms with Crippen molar-refractivity contribution < 1.29 is 4.79 Å². The summed E-state index contributed by atoms with van der Waals surface area (Å²) < 4.78 is 0. The summed E-state index contributed by atoms with van der Waals surface area (Å²) in [5, 5.41) is 2.94. The Balaban J connectivity index is 2.00. The summed E-state index contributed by atoms with van der Waals surface area (Å²) in [6.07, 6.45) is 3.34. The first-order valence-electron chi connectivity index (χ1n) is 7.19. The lowest BCUT2D eigenvalue weighted by molar-refractivity contribution is -0.125. The lowest BCUT2D eigenvalue weighted by atomic mass is 9.96. The maximum atomic E-state index is 12.0. The second-order valence-electron chi connectivity index (χ2n) is 5.82. The van der Waals surface area contributed by atoms with Gasteiger partial charge in [0.25, 0.3) is 0 Å². The molecule has 104 valence electrons. The van der Waals surface area contributed by atoms with E-state index in [0.29, 0.717) is 6.54 Å². The van der Waals surface area contributed by atoms with Crippen molar-refractivity contribution in [1.82, 2.24) is 5.32 Å². The highest BCUT2D eigenvalue weighted by atomic mass is 16.1. The molecular formula is C16H24N2O. The zero-order valence-electron chi connectivity index (χ0n) is 11.9. The first-order chi connectivity index (χ1) is 9.10. The molecule has 0 aromatic heterocycles. The number of benzene rings is 1. The maximum absolute atomic E-state index is 12.0. The molecule has 3 heteroatoms. The molecule has 1 aromatic rings. The van der Waals surface area contributed by atoms with Crippen molar-refractivity contribution in [2.45, 2.75) is 45.1 Å². The van der Waals surface area contributed by atoms with Crippen LogP contribution in [0.2, 0.25) is 0 Å². The summed E-state index contributed by atoms with van der Waals surface area (Å²) in [5.74, 6) is 0.687. The second-order valence-corrected chi connectivity index (χ2v) is 5.82. The molecule has 3 nitrogen and oxygen atoms in total. The molecular weight excluding hydrogens is 236 g/mol. The van der Waals surface area contributed by atoms with Crippen molar-refractivity contribution in [1.29, 1.82) is 0 Å². The monoisotopic (exact) mass is 260 g/mol. The second kappa shape index (κ2) is 6.20. The number of amides is 1. The van der Waals surface area contributed by atoms with Gasteiger partial charge in [-0.2, -0.15) is 0 Å². The summed E-state index contributed by atoms with van der Waals surface area (Å²) in [6.45, 7) is 4.34. The molecule has 1 saturated carbocycles. The Morgan fingerprint density at radius 3 is 2.74 bits per heavy atom. The van der Waals surface area contributed by atoms with E-state index in [9.17, 15) is 4.79 Å². The highest BCUT2D eigenvalue weighted by Crippen LogP contribution is 2.40. The molecule has 1 unspecified atom stereocenters. The van der Waals surface area contributed by atoms with Crippen LogP contribution in [-0.2, 0) is 11.2 Å². The third kappa shape index (κ3) is 4.06. The standard InChI is InChI=1S/C16H24N2O/c1-11(2)18-16(19)15(10-17)9-12-4-3-5-14(8-12)13-6-7-13/h3-5,8,11,13,15H,6-7,9-10,17H2,1-2H3,(H,18,19). The van der Waals surface area contributed by atoms with Gasteiger partial charge in [0.15, 0.2) is 0 Å². The first-order valence-corrected chi connectivity index (χ1v) is 7.19. The van der Waals surface area contributed by atoms with Crippen molar-refractivity contribution in [3.8, 4) is 0 Å². The largest absolute Gasteiger partial charge is 0.354 e. The zero-order chi connectivity index (χ0) is 13.8. The van der Waals surface area contributed by atoms with Crippen molar-refractivity contribution in [2.75, 3.05) is 6.54 Å². The van der Waals surface area contributed by atoms with E-state index < -0.39 is 0 Å².